The monoisotopic (exact) mass is 296 g/mol. The van der Waals surface area contributed by atoms with Gasteiger partial charge in [0.2, 0.25) is 10.0 Å². The van der Waals surface area contributed by atoms with Crippen molar-refractivity contribution in [2.75, 3.05) is 26.4 Å². The van der Waals surface area contributed by atoms with Crippen molar-refractivity contribution in [3.63, 3.8) is 0 Å². The molecule has 4 nitrogen and oxygen atoms in total. The molecule has 2 rings (SSSR count). The molecule has 1 N–H and O–H groups in total. The number of rotatable bonds is 6. The van der Waals surface area contributed by atoms with E-state index in [1.165, 1.54) is 5.56 Å². The highest BCUT2D eigenvalue weighted by Gasteiger charge is 2.24. The number of hydrogen-bond donors (Lipinski definition) is 1. The van der Waals surface area contributed by atoms with Gasteiger partial charge in [-0.25, -0.2) is 13.1 Å². The van der Waals surface area contributed by atoms with Crippen molar-refractivity contribution in [1.82, 2.24) is 9.62 Å². The number of benzene rings is 1. The molecule has 0 amide bonds. The highest BCUT2D eigenvalue weighted by Crippen LogP contribution is 2.29. The molecule has 0 heterocycles. The molecule has 0 aliphatic heterocycles. The molecule has 0 aromatic heterocycles. The van der Waals surface area contributed by atoms with Crippen molar-refractivity contribution in [3.05, 3.63) is 35.4 Å². The minimum atomic E-state index is -3.20. The van der Waals surface area contributed by atoms with Gasteiger partial charge < -0.3 is 4.90 Å². The van der Waals surface area contributed by atoms with Crippen LogP contribution >= 0.6 is 0 Å². The van der Waals surface area contributed by atoms with E-state index >= 15 is 0 Å². The van der Waals surface area contributed by atoms with Crippen LogP contribution in [0.15, 0.2) is 24.3 Å². The molecule has 1 aromatic carbocycles. The Kier molecular flexibility index (Phi) is 5.18. The Bertz CT molecular complexity index is 541. The quantitative estimate of drug-likeness (QED) is 0.873. The molecule has 0 saturated heterocycles. The molecule has 0 saturated carbocycles. The molecule has 1 aromatic rings. The van der Waals surface area contributed by atoms with Gasteiger partial charge in [0, 0.05) is 6.04 Å². The zero-order valence-corrected chi connectivity index (χ0v) is 13.1. The lowest BCUT2D eigenvalue weighted by atomic mass is 9.88. The lowest BCUT2D eigenvalue weighted by molar-refractivity contribution is 0.407. The summed E-state index contributed by atoms with van der Waals surface area (Å²) in [5.74, 6) is 0.198. The normalized spacial score (nSPS) is 19.1. The van der Waals surface area contributed by atoms with Crippen LogP contribution in [-0.2, 0) is 16.4 Å². The second-order valence-corrected chi connectivity index (χ2v) is 7.61. The Morgan fingerprint density at radius 1 is 1.30 bits per heavy atom. The fraction of sp³-hybridized carbons (Fsp3) is 0.600. The first-order valence-electron chi connectivity index (χ1n) is 7.20. The summed E-state index contributed by atoms with van der Waals surface area (Å²) in [5, 5.41) is 0. The molecular formula is C15H24N2O2S. The van der Waals surface area contributed by atoms with Crippen LogP contribution in [0.2, 0.25) is 0 Å². The van der Waals surface area contributed by atoms with E-state index in [4.69, 9.17) is 0 Å². The third-order valence-corrected chi connectivity index (χ3v) is 5.18. The summed E-state index contributed by atoms with van der Waals surface area (Å²) < 4.78 is 27.2. The van der Waals surface area contributed by atoms with Crippen LogP contribution in [-0.4, -0.2) is 39.7 Å². The van der Waals surface area contributed by atoms with Crippen molar-refractivity contribution >= 4 is 10.0 Å². The molecule has 0 bridgehead atoms. The van der Waals surface area contributed by atoms with E-state index in [1.807, 2.05) is 37.2 Å². The predicted octanol–water partition coefficient (Wildman–Crippen LogP) is 1.94. The first-order chi connectivity index (χ1) is 9.48. The number of fused-ring (bicyclic) bond motifs is 1. The molecule has 20 heavy (non-hydrogen) atoms. The minimum absolute atomic E-state index is 0.0516. The summed E-state index contributed by atoms with van der Waals surface area (Å²) in [7, 11) is 0.715. The number of nitrogens with one attached hydrogen (secondary N) is 1. The molecular weight excluding hydrogens is 272 g/mol. The molecule has 0 fully saturated rings. The lowest BCUT2D eigenvalue weighted by Crippen LogP contribution is -2.33. The second-order valence-electron chi connectivity index (χ2n) is 5.74. The maximum absolute atomic E-state index is 12.2. The SMILES string of the molecule is CN(C)CCCS(=O)(=O)NC1CCCc2ccccc21. The maximum Gasteiger partial charge on any atom is 0.212 e. The highest BCUT2D eigenvalue weighted by atomic mass is 32.2. The van der Waals surface area contributed by atoms with Gasteiger partial charge in [-0.3, -0.25) is 0 Å². The van der Waals surface area contributed by atoms with E-state index < -0.39 is 10.0 Å². The average molecular weight is 296 g/mol. The van der Waals surface area contributed by atoms with E-state index in [1.54, 1.807) is 0 Å². The third kappa shape index (κ3) is 4.30. The smallest absolute Gasteiger partial charge is 0.212 e. The lowest BCUT2D eigenvalue weighted by Gasteiger charge is -2.26. The van der Waals surface area contributed by atoms with E-state index in [9.17, 15) is 8.42 Å². The number of hydrogen-bond acceptors (Lipinski definition) is 3. The molecule has 5 heteroatoms. The van der Waals surface area contributed by atoms with Crippen LogP contribution in [0.1, 0.15) is 36.4 Å². The van der Waals surface area contributed by atoms with Crippen molar-refractivity contribution in [1.29, 1.82) is 0 Å². The minimum Gasteiger partial charge on any atom is -0.309 e. The predicted molar refractivity (Wildman–Crippen MR) is 82.2 cm³/mol. The zero-order chi connectivity index (χ0) is 14.6. The molecule has 0 spiro atoms. The van der Waals surface area contributed by atoms with Crippen molar-refractivity contribution in [2.45, 2.75) is 31.7 Å². The largest absolute Gasteiger partial charge is 0.309 e. The molecule has 1 atom stereocenters. The fourth-order valence-corrected chi connectivity index (χ4v) is 4.03. The summed E-state index contributed by atoms with van der Waals surface area (Å²) in [6.45, 7) is 0.794. The fourth-order valence-electron chi connectivity index (χ4n) is 2.72. The molecule has 1 unspecified atom stereocenters. The van der Waals surface area contributed by atoms with E-state index in [0.717, 1.165) is 31.4 Å². The molecule has 112 valence electrons. The van der Waals surface area contributed by atoms with E-state index in [0.29, 0.717) is 6.42 Å². The Morgan fingerprint density at radius 3 is 2.80 bits per heavy atom. The Balaban J connectivity index is 2.00. The maximum atomic E-state index is 12.2. The average Bonchev–Trinajstić information content (AvgIpc) is 2.38. The summed E-state index contributed by atoms with van der Waals surface area (Å²) in [6.07, 6.45) is 3.65. The van der Waals surface area contributed by atoms with Crippen LogP contribution in [0.3, 0.4) is 0 Å². The number of sulfonamides is 1. The first-order valence-corrected chi connectivity index (χ1v) is 8.86. The van der Waals surface area contributed by atoms with Crippen LogP contribution in [0, 0.1) is 0 Å². The highest BCUT2D eigenvalue weighted by molar-refractivity contribution is 7.89. The van der Waals surface area contributed by atoms with Crippen LogP contribution < -0.4 is 4.72 Å². The second kappa shape index (κ2) is 6.70. The van der Waals surface area contributed by atoms with Gasteiger partial charge >= 0.3 is 0 Å². The van der Waals surface area contributed by atoms with Gasteiger partial charge in [0.15, 0.2) is 0 Å². The summed E-state index contributed by atoms with van der Waals surface area (Å²) in [5.41, 5.74) is 2.43. The van der Waals surface area contributed by atoms with Gasteiger partial charge in [0.05, 0.1) is 5.75 Å². The van der Waals surface area contributed by atoms with Crippen molar-refractivity contribution in [2.24, 2.45) is 0 Å². The van der Waals surface area contributed by atoms with Gasteiger partial charge in [-0.05, 0) is 57.5 Å². The van der Waals surface area contributed by atoms with Crippen LogP contribution in [0.5, 0.6) is 0 Å². The third-order valence-electron chi connectivity index (χ3n) is 3.71. The van der Waals surface area contributed by atoms with Gasteiger partial charge in [0.1, 0.15) is 0 Å². The zero-order valence-electron chi connectivity index (χ0n) is 12.3. The molecule has 1 aliphatic carbocycles. The molecule has 0 radical (unpaired) electrons. The summed E-state index contributed by atoms with van der Waals surface area (Å²) >= 11 is 0. The number of aryl methyl sites for hydroxylation is 1. The van der Waals surface area contributed by atoms with Crippen molar-refractivity contribution in [3.8, 4) is 0 Å². The van der Waals surface area contributed by atoms with Gasteiger partial charge in [-0.15, -0.1) is 0 Å². The Hall–Kier alpha value is -0.910. The van der Waals surface area contributed by atoms with Crippen molar-refractivity contribution < 1.29 is 8.42 Å². The van der Waals surface area contributed by atoms with E-state index in [2.05, 4.69) is 10.8 Å². The van der Waals surface area contributed by atoms with Crippen LogP contribution in [0.4, 0.5) is 0 Å². The molecule has 1 aliphatic rings. The first kappa shape index (κ1) is 15.5. The summed E-state index contributed by atoms with van der Waals surface area (Å²) in [6, 6.07) is 8.09. The Labute approximate surface area is 122 Å². The van der Waals surface area contributed by atoms with Gasteiger partial charge in [0.25, 0.3) is 0 Å². The number of nitrogens with zero attached hydrogens (tertiary/aromatic N) is 1. The van der Waals surface area contributed by atoms with E-state index in [-0.39, 0.29) is 11.8 Å². The van der Waals surface area contributed by atoms with Gasteiger partial charge in [-0.2, -0.15) is 0 Å². The van der Waals surface area contributed by atoms with Crippen LogP contribution in [0.25, 0.3) is 0 Å². The topological polar surface area (TPSA) is 49.4 Å². The summed E-state index contributed by atoms with van der Waals surface area (Å²) in [4.78, 5) is 2.01. The van der Waals surface area contributed by atoms with Gasteiger partial charge in [-0.1, -0.05) is 24.3 Å². The Morgan fingerprint density at radius 2 is 2.05 bits per heavy atom. The standard InChI is InChI=1S/C15H24N2O2S/c1-17(2)11-6-12-20(18,19)16-15-10-5-8-13-7-3-4-9-14(13)15/h3-4,7,9,15-16H,5-6,8,10-12H2,1-2H3.